The summed E-state index contributed by atoms with van der Waals surface area (Å²) in [7, 11) is 1.96. The second kappa shape index (κ2) is 31.0. The van der Waals surface area contributed by atoms with Gasteiger partial charge in [-0.1, -0.05) is 94.5 Å². The van der Waals surface area contributed by atoms with E-state index >= 15 is 0 Å². The number of nitrogens with two attached hydrogens (primary N) is 1. The molecule has 4 heterocycles. The molecule has 1 fully saturated rings. The SMILES string of the molecule is CCC.CCc1c(-c2ccc(C(=O)NCCCNC(=O)CCCCCCCNC)nc2)cnc(N)c1-c1ccc(O)cc1.O=CCOC(=O)CCc1ccc2c(c1)OC1(CCN(C(=O)Cc3ccc(Cl)cc3)CC1)O2. The van der Waals surface area contributed by atoms with Crippen molar-refractivity contribution in [2.45, 2.75) is 116 Å². The number of carbonyl (C=O) groups excluding carboxylic acids is 5. The number of anilines is 1. The van der Waals surface area contributed by atoms with Gasteiger partial charge in [-0.15, -0.1) is 0 Å². The number of aromatic nitrogens is 2. The molecule has 402 valence electrons. The number of aryl methyl sites for hydroxylation is 1. The van der Waals surface area contributed by atoms with Crippen molar-refractivity contribution in [1.29, 1.82) is 0 Å². The molecular weight excluding hydrogens is 974 g/mol. The summed E-state index contributed by atoms with van der Waals surface area (Å²) in [6, 6.07) is 23.3. The minimum Gasteiger partial charge on any atom is -0.508 e. The van der Waals surface area contributed by atoms with Gasteiger partial charge < -0.3 is 45.9 Å². The summed E-state index contributed by atoms with van der Waals surface area (Å²) in [4.78, 5) is 69.7. The number of unbranched alkanes of at least 4 members (excludes halogenated alkanes) is 4. The number of esters is 1. The van der Waals surface area contributed by atoms with Crippen LogP contribution in [0.3, 0.4) is 0 Å². The van der Waals surface area contributed by atoms with Crippen molar-refractivity contribution >= 4 is 47.4 Å². The smallest absolute Gasteiger partial charge is 0.306 e. The summed E-state index contributed by atoms with van der Waals surface area (Å²) in [5.41, 5.74) is 12.9. The molecular formula is C58H74ClN7O9. The molecule has 75 heavy (non-hydrogen) atoms. The minimum absolute atomic E-state index is 0.0657. The van der Waals surface area contributed by atoms with E-state index < -0.39 is 11.8 Å². The summed E-state index contributed by atoms with van der Waals surface area (Å²) in [5.74, 6) is 0.613. The molecule has 0 aliphatic carbocycles. The molecule has 2 aliphatic rings. The highest BCUT2D eigenvalue weighted by molar-refractivity contribution is 6.30. The number of nitrogen functional groups attached to an aromatic ring is 1. The molecule has 2 aliphatic heterocycles. The molecule has 0 radical (unpaired) electrons. The van der Waals surface area contributed by atoms with Gasteiger partial charge in [-0.2, -0.15) is 0 Å². The normalized spacial score (nSPS) is 12.9. The molecule has 16 nitrogen and oxygen atoms in total. The maximum Gasteiger partial charge on any atom is 0.306 e. The Morgan fingerprint density at radius 2 is 1.45 bits per heavy atom. The van der Waals surface area contributed by atoms with Crippen LogP contribution in [0, 0.1) is 0 Å². The van der Waals surface area contributed by atoms with E-state index in [0.717, 1.165) is 64.8 Å². The Kier molecular flexibility index (Phi) is 24.3. The van der Waals surface area contributed by atoms with Crippen LogP contribution in [0.5, 0.6) is 17.2 Å². The maximum atomic E-state index is 12.7. The van der Waals surface area contributed by atoms with Crippen LogP contribution in [-0.2, 0) is 43.2 Å². The van der Waals surface area contributed by atoms with E-state index in [4.69, 9.17) is 31.5 Å². The molecule has 6 N–H and O–H groups in total. The van der Waals surface area contributed by atoms with Gasteiger partial charge in [0, 0.05) is 86.0 Å². The van der Waals surface area contributed by atoms with Crippen LogP contribution >= 0.6 is 11.6 Å². The summed E-state index contributed by atoms with van der Waals surface area (Å²) in [6.45, 7) is 9.21. The van der Waals surface area contributed by atoms with Crippen molar-refractivity contribution in [3.63, 3.8) is 0 Å². The van der Waals surface area contributed by atoms with Gasteiger partial charge in [0.2, 0.25) is 11.8 Å². The lowest BCUT2D eigenvalue weighted by Crippen LogP contribution is -2.51. The highest BCUT2D eigenvalue weighted by atomic mass is 35.5. The van der Waals surface area contributed by atoms with Crippen LogP contribution in [0.1, 0.15) is 119 Å². The lowest BCUT2D eigenvalue weighted by molar-refractivity contribution is -0.146. The highest BCUT2D eigenvalue weighted by Gasteiger charge is 2.45. The number of halogens is 1. The number of rotatable bonds is 23. The topological polar surface area (TPSA) is 224 Å². The molecule has 1 spiro atoms. The van der Waals surface area contributed by atoms with Crippen molar-refractivity contribution in [2.24, 2.45) is 0 Å². The van der Waals surface area contributed by atoms with E-state index in [2.05, 4.69) is 39.8 Å². The Labute approximate surface area is 446 Å². The predicted octanol–water partition coefficient (Wildman–Crippen LogP) is 9.22. The van der Waals surface area contributed by atoms with E-state index in [1.807, 2.05) is 67.4 Å². The van der Waals surface area contributed by atoms with Crippen molar-refractivity contribution in [2.75, 3.05) is 52.1 Å². The Morgan fingerprint density at radius 1 is 0.787 bits per heavy atom. The van der Waals surface area contributed by atoms with Crippen molar-refractivity contribution < 1.29 is 43.3 Å². The first-order valence-electron chi connectivity index (χ1n) is 26.2. The Morgan fingerprint density at radius 3 is 2.13 bits per heavy atom. The molecule has 0 unspecified atom stereocenters. The van der Waals surface area contributed by atoms with E-state index in [0.29, 0.717) is 105 Å². The van der Waals surface area contributed by atoms with Gasteiger partial charge in [0.25, 0.3) is 11.7 Å². The van der Waals surface area contributed by atoms with Crippen LogP contribution in [0.25, 0.3) is 22.3 Å². The number of pyridine rings is 2. The number of nitrogens with zero attached hydrogens (tertiary/aromatic N) is 3. The zero-order valence-electron chi connectivity index (χ0n) is 43.9. The lowest BCUT2D eigenvalue weighted by atomic mass is 9.92. The average molecular weight is 1050 g/mol. The molecule has 0 atom stereocenters. The number of hydrogen-bond acceptors (Lipinski definition) is 13. The standard InChI is InChI=1S/C31H42N6O3.C24H24ClNO6.C3H8/c1-3-25-26(21-37-30(32)29(25)22-11-14-24(38)15-12-22)23-13-16-27(36-20-23)31(40)35-19-9-18-34-28(39)10-7-5-4-6-8-17-33-2;25-19-5-1-18(2-6-19)16-22(28)26-11-9-24(10-12-26)31-20-7-3-17(15-21(20)32-24)4-8-23(29)30-14-13-27;1-3-2/h11-16,20-21,33,38H,3-10,17-19H2,1-2H3,(H2,32,37)(H,34,39)(H,35,40);1-3,5-7,13,15H,4,8-12,14,16H2;3H2,1-2H3. The zero-order chi connectivity index (χ0) is 54.0. The van der Waals surface area contributed by atoms with Crippen molar-refractivity contribution in [1.82, 2.24) is 30.8 Å². The fourth-order valence-electron chi connectivity index (χ4n) is 8.56. The molecule has 17 heteroatoms. The van der Waals surface area contributed by atoms with E-state index in [-0.39, 0.29) is 36.5 Å². The number of carbonyl (C=O) groups is 5. The van der Waals surface area contributed by atoms with Gasteiger partial charge in [0.1, 0.15) is 23.9 Å². The molecule has 3 aromatic carbocycles. The first kappa shape index (κ1) is 58.8. The van der Waals surface area contributed by atoms with Crippen LogP contribution in [-0.4, -0.2) is 102 Å². The lowest BCUT2D eigenvalue weighted by Gasteiger charge is -2.37. The van der Waals surface area contributed by atoms with E-state index in [1.165, 1.54) is 19.3 Å². The number of likely N-dealkylation sites (tertiary alicyclic amines) is 1. The summed E-state index contributed by atoms with van der Waals surface area (Å²) in [6.07, 6.45) is 14.8. The highest BCUT2D eigenvalue weighted by Crippen LogP contribution is 2.44. The number of benzene rings is 3. The minimum atomic E-state index is -0.763. The number of amides is 3. The molecule has 3 amide bonds. The fourth-order valence-corrected chi connectivity index (χ4v) is 8.69. The number of aldehydes is 1. The van der Waals surface area contributed by atoms with Crippen molar-refractivity contribution in [3.8, 4) is 39.5 Å². The first-order valence-corrected chi connectivity index (χ1v) is 26.5. The molecule has 2 aromatic heterocycles. The number of ether oxygens (including phenoxy) is 3. The number of piperidine rings is 1. The number of fused-ring (bicyclic) bond motifs is 1. The number of hydrogen-bond donors (Lipinski definition) is 5. The number of phenols is 1. The van der Waals surface area contributed by atoms with Crippen LogP contribution in [0.2, 0.25) is 5.02 Å². The Hall–Kier alpha value is -7.04. The van der Waals surface area contributed by atoms with Crippen molar-refractivity contribution in [3.05, 3.63) is 119 Å². The van der Waals surface area contributed by atoms with Crippen LogP contribution in [0.4, 0.5) is 5.82 Å². The van der Waals surface area contributed by atoms with Gasteiger partial charge in [-0.05, 0) is 110 Å². The third-order valence-electron chi connectivity index (χ3n) is 12.5. The molecule has 5 aromatic rings. The molecule has 0 bridgehead atoms. The van der Waals surface area contributed by atoms with Crippen LogP contribution in [0.15, 0.2) is 91.3 Å². The fraction of sp³-hybridized carbons (Fsp3) is 0.431. The molecule has 1 saturated heterocycles. The first-order chi connectivity index (χ1) is 36.3. The van der Waals surface area contributed by atoms with Gasteiger partial charge in [-0.25, -0.2) is 4.98 Å². The molecule has 0 saturated carbocycles. The van der Waals surface area contributed by atoms with Gasteiger partial charge in [0.15, 0.2) is 17.8 Å². The number of phenolic OH excluding ortho intramolecular Hbond substituents is 1. The monoisotopic (exact) mass is 1050 g/mol. The average Bonchev–Trinajstić information content (AvgIpc) is 3.78. The van der Waals surface area contributed by atoms with E-state index in [1.54, 1.807) is 42.7 Å². The summed E-state index contributed by atoms with van der Waals surface area (Å²) >= 11 is 5.91. The third kappa shape index (κ3) is 18.7. The molecule has 7 rings (SSSR count). The third-order valence-corrected chi connectivity index (χ3v) is 12.8. The van der Waals surface area contributed by atoms with Gasteiger partial charge >= 0.3 is 5.97 Å². The summed E-state index contributed by atoms with van der Waals surface area (Å²) < 4.78 is 17.1. The van der Waals surface area contributed by atoms with Gasteiger partial charge in [0.05, 0.1) is 6.42 Å². The zero-order valence-corrected chi connectivity index (χ0v) is 44.6. The number of nitrogens with one attached hydrogen (secondary N) is 3. The maximum absolute atomic E-state index is 12.7. The Bertz CT molecular complexity index is 2610. The van der Waals surface area contributed by atoms with Crippen LogP contribution < -0.4 is 31.2 Å². The Balaban J connectivity index is 0.000000269. The predicted molar refractivity (Wildman–Crippen MR) is 293 cm³/mol. The largest absolute Gasteiger partial charge is 0.508 e. The van der Waals surface area contributed by atoms with E-state index in [9.17, 15) is 29.1 Å². The summed E-state index contributed by atoms with van der Waals surface area (Å²) in [5, 5.41) is 19.2. The van der Waals surface area contributed by atoms with Gasteiger partial charge in [-0.3, -0.25) is 29.0 Å². The number of aromatic hydroxyl groups is 1. The second-order valence-corrected chi connectivity index (χ2v) is 18.9. The second-order valence-electron chi connectivity index (χ2n) is 18.5. The quantitative estimate of drug-likeness (QED) is 0.0234.